The van der Waals surface area contributed by atoms with E-state index in [1.807, 2.05) is 19.1 Å². The number of hydrogen-bond donors (Lipinski definition) is 1. The van der Waals surface area contributed by atoms with Gasteiger partial charge >= 0.3 is 0 Å². The molecule has 3 rings (SSSR count). The Morgan fingerprint density at radius 3 is 2.88 bits per heavy atom. The van der Waals surface area contributed by atoms with Gasteiger partial charge in [0, 0.05) is 17.5 Å². The van der Waals surface area contributed by atoms with Gasteiger partial charge in [-0.05, 0) is 42.8 Å². The van der Waals surface area contributed by atoms with Gasteiger partial charge in [0.15, 0.2) is 5.76 Å². The summed E-state index contributed by atoms with van der Waals surface area (Å²) in [4.78, 5) is 12.4. The Bertz CT molecular complexity index is 951. The van der Waals surface area contributed by atoms with E-state index in [4.69, 9.17) is 14.4 Å². The smallest absolute Gasteiger partial charge is 0.287 e. The van der Waals surface area contributed by atoms with E-state index in [0.29, 0.717) is 23.4 Å². The summed E-state index contributed by atoms with van der Waals surface area (Å²) in [6.45, 7) is 2.17. The molecule has 1 N–H and O–H groups in total. The topological polar surface area (TPSA) is 75.3 Å². The second-order valence-corrected chi connectivity index (χ2v) is 5.41. The first-order chi connectivity index (χ1) is 11.6. The molecule has 1 aromatic heterocycles. The fourth-order valence-corrected chi connectivity index (χ4v) is 2.56. The number of amides is 1. The number of hydrogen-bond acceptors (Lipinski definition) is 4. The molecular weight excluding hydrogens is 304 g/mol. The standard InChI is InChI=1S/C19H16N2O3/c1-12-16-9-15(23-2)6-7-17(16)24-18(12)19(22)21-11-14-5-3-4-13(8-14)10-20/h3-9H,11H2,1-2H3,(H,21,22). The zero-order valence-electron chi connectivity index (χ0n) is 13.4. The molecule has 24 heavy (non-hydrogen) atoms. The predicted molar refractivity (Wildman–Crippen MR) is 89.8 cm³/mol. The number of methoxy groups -OCH3 is 1. The minimum absolute atomic E-state index is 0.287. The van der Waals surface area contributed by atoms with Crippen molar-refractivity contribution in [2.75, 3.05) is 7.11 Å². The summed E-state index contributed by atoms with van der Waals surface area (Å²) in [6.07, 6.45) is 0. The van der Waals surface area contributed by atoms with Crippen molar-refractivity contribution in [1.29, 1.82) is 5.26 Å². The van der Waals surface area contributed by atoms with Gasteiger partial charge in [-0.1, -0.05) is 12.1 Å². The quantitative estimate of drug-likeness (QED) is 0.797. The number of nitrogens with one attached hydrogen (secondary N) is 1. The molecule has 0 bridgehead atoms. The molecule has 0 aliphatic carbocycles. The predicted octanol–water partition coefficient (Wildman–Crippen LogP) is 3.55. The highest BCUT2D eigenvalue weighted by Crippen LogP contribution is 2.28. The van der Waals surface area contributed by atoms with E-state index in [9.17, 15) is 4.79 Å². The lowest BCUT2D eigenvalue weighted by Gasteiger charge is -2.04. The van der Waals surface area contributed by atoms with Crippen molar-refractivity contribution >= 4 is 16.9 Å². The molecular formula is C19H16N2O3. The van der Waals surface area contributed by atoms with Crippen LogP contribution in [0.2, 0.25) is 0 Å². The SMILES string of the molecule is COc1ccc2oc(C(=O)NCc3cccc(C#N)c3)c(C)c2c1. The largest absolute Gasteiger partial charge is 0.497 e. The maximum Gasteiger partial charge on any atom is 0.287 e. The summed E-state index contributed by atoms with van der Waals surface area (Å²) in [6, 6.07) is 14.6. The second kappa shape index (κ2) is 6.47. The molecule has 0 spiro atoms. The zero-order valence-corrected chi connectivity index (χ0v) is 13.4. The van der Waals surface area contributed by atoms with E-state index in [1.165, 1.54) is 0 Å². The van der Waals surface area contributed by atoms with E-state index >= 15 is 0 Å². The lowest BCUT2D eigenvalue weighted by Crippen LogP contribution is -2.23. The van der Waals surface area contributed by atoms with Crippen LogP contribution in [0.3, 0.4) is 0 Å². The third-order valence-electron chi connectivity index (χ3n) is 3.86. The minimum atomic E-state index is -0.287. The van der Waals surface area contributed by atoms with Gasteiger partial charge in [0.2, 0.25) is 0 Å². The van der Waals surface area contributed by atoms with Crippen molar-refractivity contribution in [3.05, 3.63) is 64.9 Å². The number of rotatable bonds is 4. The van der Waals surface area contributed by atoms with Gasteiger partial charge in [0.05, 0.1) is 18.7 Å². The van der Waals surface area contributed by atoms with Gasteiger partial charge in [-0.25, -0.2) is 0 Å². The summed E-state index contributed by atoms with van der Waals surface area (Å²) >= 11 is 0. The lowest BCUT2D eigenvalue weighted by atomic mass is 10.1. The first-order valence-electron chi connectivity index (χ1n) is 7.46. The van der Waals surface area contributed by atoms with Crippen LogP contribution < -0.4 is 10.1 Å². The number of furan rings is 1. The molecule has 0 saturated heterocycles. The molecule has 3 aromatic rings. The van der Waals surface area contributed by atoms with Crippen LogP contribution >= 0.6 is 0 Å². The molecule has 120 valence electrons. The average Bonchev–Trinajstić information content (AvgIpc) is 2.96. The number of carbonyl (C=O) groups is 1. The zero-order chi connectivity index (χ0) is 17.1. The fourth-order valence-electron chi connectivity index (χ4n) is 2.56. The highest BCUT2D eigenvalue weighted by Gasteiger charge is 2.17. The molecule has 0 radical (unpaired) electrons. The number of benzene rings is 2. The molecule has 0 unspecified atom stereocenters. The van der Waals surface area contributed by atoms with Gasteiger partial charge in [0.1, 0.15) is 11.3 Å². The van der Waals surface area contributed by atoms with Crippen molar-refractivity contribution in [1.82, 2.24) is 5.32 Å². The summed E-state index contributed by atoms with van der Waals surface area (Å²) in [5, 5.41) is 12.6. The third-order valence-corrected chi connectivity index (χ3v) is 3.86. The van der Waals surface area contributed by atoms with Crippen LogP contribution in [0.1, 0.15) is 27.2 Å². The Hall–Kier alpha value is -3.26. The van der Waals surface area contributed by atoms with Gasteiger partial charge in [0.25, 0.3) is 5.91 Å². The number of nitriles is 1. The molecule has 0 aliphatic rings. The van der Waals surface area contributed by atoms with Crippen LogP contribution in [0.15, 0.2) is 46.9 Å². The normalized spacial score (nSPS) is 10.4. The van der Waals surface area contributed by atoms with Crippen LogP contribution in [0.5, 0.6) is 5.75 Å². The summed E-state index contributed by atoms with van der Waals surface area (Å²) in [5.74, 6) is 0.714. The van der Waals surface area contributed by atoms with Crippen molar-refractivity contribution in [2.45, 2.75) is 13.5 Å². The monoisotopic (exact) mass is 320 g/mol. The average molecular weight is 320 g/mol. The number of carbonyl (C=O) groups excluding carboxylic acids is 1. The van der Waals surface area contributed by atoms with Gasteiger partial charge in [-0.15, -0.1) is 0 Å². The van der Waals surface area contributed by atoms with Crippen LogP contribution in [0.25, 0.3) is 11.0 Å². The summed E-state index contributed by atoms with van der Waals surface area (Å²) < 4.78 is 10.9. The molecule has 0 atom stereocenters. The number of aryl methyl sites for hydroxylation is 1. The van der Waals surface area contributed by atoms with E-state index in [0.717, 1.165) is 16.5 Å². The van der Waals surface area contributed by atoms with E-state index in [-0.39, 0.29) is 11.7 Å². The molecule has 0 aliphatic heterocycles. The van der Waals surface area contributed by atoms with Crippen molar-refractivity contribution < 1.29 is 13.9 Å². The Labute approximate surface area is 139 Å². The first-order valence-corrected chi connectivity index (χ1v) is 7.46. The number of fused-ring (bicyclic) bond motifs is 1. The Kier molecular flexibility index (Phi) is 4.21. The van der Waals surface area contributed by atoms with Crippen LogP contribution in [0.4, 0.5) is 0 Å². The van der Waals surface area contributed by atoms with Gasteiger partial charge in [-0.2, -0.15) is 5.26 Å². The molecule has 0 saturated carbocycles. The van der Waals surface area contributed by atoms with Gasteiger partial charge in [-0.3, -0.25) is 4.79 Å². The first kappa shape index (κ1) is 15.6. The Morgan fingerprint density at radius 1 is 1.29 bits per heavy atom. The number of ether oxygens (including phenoxy) is 1. The molecule has 0 fully saturated rings. The fraction of sp³-hybridized carbons (Fsp3) is 0.158. The maximum atomic E-state index is 12.4. The summed E-state index contributed by atoms with van der Waals surface area (Å²) in [7, 11) is 1.60. The van der Waals surface area contributed by atoms with Crippen LogP contribution in [0, 0.1) is 18.3 Å². The molecule has 2 aromatic carbocycles. The molecule has 1 heterocycles. The number of nitrogens with zero attached hydrogens (tertiary/aromatic N) is 1. The van der Waals surface area contributed by atoms with Crippen molar-refractivity contribution in [3.8, 4) is 11.8 Å². The molecule has 1 amide bonds. The maximum absolute atomic E-state index is 12.4. The van der Waals surface area contributed by atoms with Crippen LogP contribution in [-0.2, 0) is 6.54 Å². The Morgan fingerprint density at radius 2 is 2.12 bits per heavy atom. The van der Waals surface area contributed by atoms with Gasteiger partial charge < -0.3 is 14.5 Å². The van der Waals surface area contributed by atoms with E-state index in [1.54, 1.807) is 37.4 Å². The van der Waals surface area contributed by atoms with E-state index < -0.39 is 0 Å². The second-order valence-electron chi connectivity index (χ2n) is 5.41. The third kappa shape index (κ3) is 2.95. The molecule has 5 heteroatoms. The Balaban J connectivity index is 1.81. The van der Waals surface area contributed by atoms with E-state index in [2.05, 4.69) is 11.4 Å². The van der Waals surface area contributed by atoms with Crippen LogP contribution in [-0.4, -0.2) is 13.0 Å². The summed E-state index contributed by atoms with van der Waals surface area (Å²) in [5.41, 5.74) is 2.84. The van der Waals surface area contributed by atoms with Crippen molar-refractivity contribution in [2.24, 2.45) is 0 Å². The minimum Gasteiger partial charge on any atom is -0.497 e. The highest BCUT2D eigenvalue weighted by molar-refractivity contribution is 5.99. The molecule has 5 nitrogen and oxygen atoms in total. The van der Waals surface area contributed by atoms with Crippen molar-refractivity contribution in [3.63, 3.8) is 0 Å². The lowest BCUT2D eigenvalue weighted by molar-refractivity contribution is 0.0924. The highest BCUT2D eigenvalue weighted by atomic mass is 16.5.